The van der Waals surface area contributed by atoms with Crippen molar-refractivity contribution in [2.24, 2.45) is 5.73 Å². The zero-order valence-corrected chi connectivity index (χ0v) is 4.39. The maximum Gasteiger partial charge on any atom is 0.123 e. The zero-order chi connectivity index (χ0) is 5.98. The summed E-state index contributed by atoms with van der Waals surface area (Å²) < 4.78 is 0. The first-order valence-electron chi connectivity index (χ1n) is 2.32. The largest absolute Gasteiger partial charge is 0.384 e. The predicted molar refractivity (Wildman–Crippen MR) is 30.9 cm³/mol. The van der Waals surface area contributed by atoms with Gasteiger partial charge in [-0.2, -0.15) is 5.10 Å². The van der Waals surface area contributed by atoms with Gasteiger partial charge in [-0.1, -0.05) is 0 Å². The van der Waals surface area contributed by atoms with Gasteiger partial charge in [0.1, 0.15) is 5.82 Å². The van der Waals surface area contributed by atoms with E-state index in [1.54, 1.807) is 6.20 Å². The Bertz CT molecular complexity index is 168. The molecule has 0 fully saturated rings. The minimum atomic E-state index is 0.447. The molecule has 1 aromatic heterocycles. The van der Waals surface area contributed by atoms with Crippen LogP contribution in [0, 0.1) is 0 Å². The standard InChI is InChI=1S/C4H8N4/c5-1-3-2-7-8-4(3)6/h2H,1,5H2,(H3,6,7,8). The molecule has 1 heterocycles. The van der Waals surface area contributed by atoms with E-state index >= 15 is 0 Å². The average molecular weight is 112 g/mol. The molecule has 0 saturated carbocycles. The van der Waals surface area contributed by atoms with Gasteiger partial charge in [-0.05, 0) is 0 Å². The number of hydrogen-bond acceptors (Lipinski definition) is 3. The molecular weight excluding hydrogens is 104 g/mol. The first-order chi connectivity index (χ1) is 3.84. The lowest BCUT2D eigenvalue weighted by Gasteiger charge is -1.87. The van der Waals surface area contributed by atoms with Crippen molar-refractivity contribution < 1.29 is 0 Å². The summed E-state index contributed by atoms with van der Waals surface area (Å²) in [6.07, 6.45) is 1.62. The van der Waals surface area contributed by atoms with Crippen LogP contribution in [-0.2, 0) is 6.54 Å². The van der Waals surface area contributed by atoms with Gasteiger partial charge in [0.2, 0.25) is 0 Å². The van der Waals surface area contributed by atoms with E-state index in [-0.39, 0.29) is 0 Å². The summed E-state index contributed by atoms with van der Waals surface area (Å²) in [5, 5.41) is 6.23. The van der Waals surface area contributed by atoms with E-state index < -0.39 is 0 Å². The number of aromatic nitrogens is 2. The maximum atomic E-state index is 5.35. The topological polar surface area (TPSA) is 80.7 Å². The van der Waals surface area contributed by atoms with Crippen LogP contribution < -0.4 is 11.5 Å². The van der Waals surface area contributed by atoms with Gasteiger partial charge in [-0.25, -0.2) is 0 Å². The Kier molecular flexibility index (Phi) is 1.17. The van der Waals surface area contributed by atoms with E-state index in [9.17, 15) is 0 Å². The highest BCUT2D eigenvalue weighted by Gasteiger charge is 1.94. The van der Waals surface area contributed by atoms with Gasteiger partial charge in [-0.15, -0.1) is 0 Å². The Morgan fingerprint density at radius 1 is 1.75 bits per heavy atom. The van der Waals surface area contributed by atoms with Crippen molar-refractivity contribution in [1.29, 1.82) is 0 Å². The highest BCUT2D eigenvalue weighted by molar-refractivity contribution is 5.36. The summed E-state index contributed by atoms with van der Waals surface area (Å²) in [4.78, 5) is 0. The van der Waals surface area contributed by atoms with Crippen molar-refractivity contribution in [1.82, 2.24) is 10.2 Å². The van der Waals surface area contributed by atoms with E-state index in [2.05, 4.69) is 10.2 Å². The molecule has 1 rings (SSSR count). The van der Waals surface area contributed by atoms with Gasteiger partial charge in [0, 0.05) is 12.1 Å². The lowest BCUT2D eigenvalue weighted by molar-refractivity contribution is 1.08. The first kappa shape index (κ1) is 5.11. The Morgan fingerprint density at radius 2 is 2.50 bits per heavy atom. The molecule has 0 radical (unpaired) electrons. The number of nitrogens with two attached hydrogens (primary N) is 2. The van der Waals surface area contributed by atoms with Crippen molar-refractivity contribution in [2.75, 3.05) is 5.73 Å². The third-order valence-corrected chi connectivity index (χ3v) is 0.971. The molecule has 0 aromatic carbocycles. The Morgan fingerprint density at radius 3 is 2.75 bits per heavy atom. The van der Waals surface area contributed by atoms with Crippen molar-refractivity contribution >= 4 is 5.82 Å². The van der Waals surface area contributed by atoms with Crippen molar-refractivity contribution in [3.63, 3.8) is 0 Å². The molecule has 44 valence electrons. The molecule has 0 aliphatic rings. The van der Waals surface area contributed by atoms with Gasteiger partial charge in [0.15, 0.2) is 0 Å². The molecule has 0 aliphatic carbocycles. The van der Waals surface area contributed by atoms with Crippen LogP contribution in [0.25, 0.3) is 0 Å². The number of H-pyrrole nitrogens is 1. The van der Waals surface area contributed by atoms with E-state index in [4.69, 9.17) is 11.5 Å². The van der Waals surface area contributed by atoms with Crippen LogP contribution >= 0.6 is 0 Å². The average Bonchev–Trinajstić information content (AvgIpc) is 2.14. The minimum absolute atomic E-state index is 0.447. The number of nitrogens with one attached hydrogen (secondary N) is 1. The first-order valence-corrected chi connectivity index (χ1v) is 2.32. The highest BCUT2D eigenvalue weighted by atomic mass is 15.1. The molecule has 8 heavy (non-hydrogen) atoms. The highest BCUT2D eigenvalue weighted by Crippen LogP contribution is 2.02. The number of anilines is 1. The molecule has 4 heteroatoms. The molecule has 0 spiro atoms. The van der Waals surface area contributed by atoms with Gasteiger partial charge in [0.05, 0.1) is 6.20 Å². The van der Waals surface area contributed by atoms with Crippen molar-refractivity contribution in [3.05, 3.63) is 11.8 Å². The fourth-order valence-electron chi connectivity index (χ4n) is 0.484. The van der Waals surface area contributed by atoms with E-state index in [0.29, 0.717) is 12.4 Å². The predicted octanol–water partition coefficient (Wildman–Crippen LogP) is -0.549. The second-order valence-electron chi connectivity index (χ2n) is 1.51. The summed E-state index contributed by atoms with van der Waals surface area (Å²) in [7, 11) is 0. The monoisotopic (exact) mass is 112 g/mol. The summed E-state index contributed by atoms with van der Waals surface area (Å²) >= 11 is 0. The number of hydrogen-bond donors (Lipinski definition) is 3. The molecule has 1 aromatic rings. The van der Waals surface area contributed by atoms with Crippen LogP contribution in [0.3, 0.4) is 0 Å². The number of rotatable bonds is 1. The van der Waals surface area contributed by atoms with Gasteiger partial charge < -0.3 is 11.5 Å². The van der Waals surface area contributed by atoms with Crippen LogP contribution in [0.2, 0.25) is 0 Å². The second kappa shape index (κ2) is 1.83. The maximum absolute atomic E-state index is 5.35. The van der Waals surface area contributed by atoms with E-state index in [0.717, 1.165) is 5.56 Å². The third kappa shape index (κ3) is 0.651. The molecular formula is C4H8N4. The number of aromatic amines is 1. The quantitative estimate of drug-likeness (QED) is 0.456. The minimum Gasteiger partial charge on any atom is -0.384 e. The van der Waals surface area contributed by atoms with Crippen LogP contribution in [0.15, 0.2) is 6.20 Å². The SMILES string of the molecule is NCc1cn[nH]c1N. The smallest absolute Gasteiger partial charge is 0.123 e. The molecule has 4 nitrogen and oxygen atoms in total. The lowest BCUT2D eigenvalue weighted by Crippen LogP contribution is -1.98. The van der Waals surface area contributed by atoms with E-state index in [1.165, 1.54) is 0 Å². The lowest BCUT2D eigenvalue weighted by atomic mass is 10.3. The van der Waals surface area contributed by atoms with Crippen LogP contribution in [0.4, 0.5) is 5.82 Å². The Hall–Kier alpha value is -1.03. The molecule has 0 unspecified atom stereocenters. The molecule has 5 N–H and O–H groups in total. The summed E-state index contributed by atoms with van der Waals surface area (Å²) in [5.41, 5.74) is 11.5. The molecule has 0 amide bonds. The number of nitrogen functional groups attached to an aromatic ring is 1. The van der Waals surface area contributed by atoms with Crippen LogP contribution in [0.1, 0.15) is 5.56 Å². The molecule has 0 bridgehead atoms. The van der Waals surface area contributed by atoms with Gasteiger partial charge in [0.25, 0.3) is 0 Å². The van der Waals surface area contributed by atoms with Crippen molar-refractivity contribution in [2.45, 2.75) is 6.54 Å². The van der Waals surface area contributed by atoms with Crippen LogP contribution in [-0.4, -0.2) is 10.2 Å². The fourth-order valence-corrected chi connectivity index (χ4v) is 0.484. The summed E-state index contributed by atoms with van der Waals surface area (Å²) in [5.74, 6) is 0.563. The molecule has 0 atom stereocenters. The third-order valence-electron chi connectivity index (χ3n) is 0.971. The van der Waals surface area contributed by atoms with Crippen molar-refractivity contribution in [3.8, 4) is 0 Å². The summed E-state index contributed by atoms with van der Waals surface area (Å²) in [6.45, 7) is 0.447. The second-order valence-corrected chi connectivity index (χ2v) is 1.51. The molecule has 0 saturated heterocycles. The fraction of sp³-hybridized carbons (Fsp3) is 0.250. The van der Waals surface area contributed by atoms with Gasteiger partial charge >= 0.3 is 0 Å². The Balaban J connectivity index is 2.92. The van der Waals surface area contributed by atoms with E-state index in [1.807, 2.05) is 0 Å². The summed E-state index contributed by atoms with van der Waals surface area (Å²) in [6, 6.07) is 0. The molecule has 0 aliphatic heterocycles. The zero-order valence-electron chi connectivity index (χ0n) is 4.39. The van der Waals surface area contributed by atoms with Gasteiger partial charge in [-0.3, -0.25) is 5.10 Å². The number of nitrogens with zero attached hydrogens (tertiary/aromatic N) is 1. The Labute approximate surface area is 46.9 Å². The van der Waals surface area contributed by atoms with Crippen LogP contribution in [0.5, 0.6) is 0 Å². The normalized spacial score (nSPS) is 9.62.